The van der Waals surface area contributed by atoms with Gasteiger partial charge in [0.05, 0.1) is 7.11 Å². The van der Waals surface area contributed by atoms with Crippen molar-refractivity contribution in [3.05, 3.63) is 0 Å². The lowest BCUT2D eigenvalue weighted by Crippen LogP contribution is -2.08. The first-order valence-corrected chi connectivity index (χ1v) is 2.52. The van der Waals surface area contributed by atoms with Gasteiger partial charge in [-0.3, -0.25) is 0 Å². The van der Waals surface area contributed by atoms with Gasteiger partial charge in [0.1, 0.15) is 0 Å². The van der Waals surface area contributed by atoms with Crippen molar-refractivity contribution in [1.29, 1.82) is 0 Å². The molecule has 0 aromatic heterocycles. The predicted octanol–water partition coefficient (Wildman–Crippen LogP) is 0.747. The molecule has 0 unspecified atom stereocenters. The zero-order chi connectivity index (χ0) is 6.99. The molecule has 0 bridgehead atoms. The van der Waals surface area contributed by atoms with Crippen molar-refractivity contribution in [3.8, 4) is 0 Å². The fourth-order valence-electron chi connectivity index (χ4n) is 0. The average molecular weight is 130 g/mol. The fourth-order valence-corrected chi connectivity index (χ4v) is 0. The second-order valence-electron chi connectivity index (χ2n) is 1.23. The molecule has 0 saturated carbocycles. The summed E-state index contributed by atoms with van der Waals surface area (Å²) in [5, 5.41) is 0. The Bertz CT molecular complexity index is 58.9. The summed E-state index contributed by atoms with van der Waals surface area (Å²) in [5.41, 5.74) is 4.43. The lowest BCUT2D eigenvalue weighted by molar-refractivity contribution is 0.182. The van der Waals surface area contributed by atoms with Crippen molar-refractivity contribution >= 4 is 14.5 Å². The van der Waals surface area contributed by atoms with Crippen LogP contribution in [0.5, 0.6) is 0 Å². The number of nitrogens with two attached hydrogens (primary N) is 1. The zero-order valence-electron chi connectivity index (χ0n) is 6.18. The van der Waals surface area contributed by atoms with Gasteiger partial charge in [-0.2, -0.15) is 0 Å². The van der Waals surface area contributed by atoms with Gasteiger partial charge in [0.15, 0.2) is 0 Å². The summed E-state index contributed by atoms with van der Waals surface area (Å²) in [6.45, 7) is 4.25. The number of primary amides is 1. The summed E-state index contributed by atoms with van der Waals surface area (Å²) in [6.07, 6.45) is 0.505. The molecular formula is C5H13BNO2. The van der Waals surface area contributed by atoms with Crippen LogP contribution in [0, 0.1) is 0 Å². The van der Waals surface area contributed by atoms with Crippen LogP contribution < -0.4 is 5.73 Å². The van der Waals surface area contributed by atoms with Crippen LogP contribution in [0.4, 0.5) is 4.79 Å². The molecular weight excluding hydrogens is 117 g/mol. The predicted molar refractivity (Wildman–Crippen MR) is 38.3 cm³/mol. The highest BCUT2D eigenvalue weighted by molar-refractivity contribution is 5.75. The molecule has 0 atom stereocenters. The molecule has 0 aromatic carbocycles. The van der Waals surface area contributed by atoms with Gasteiger partial charge in [0, 0.05) is 8.41 Å². The molecule has 4 heteroatoms. The molecule has 3 radical (unpaired) electrons. The quantitative estimate of drug-likeness (QED) is 0.491. The van der Waals surface area contributed by atoms with Crippen LogP contribution in [0.2, 0.25) is 0 Å². The van der Waals surface area contributed by atoms with E-state index >= 15 is 0 Å². The second kappa shape index (κ2) is 15.7. The molecule has 0 heterocycles. The number of carbonyl (C=O) groups is 1. The second-order valence-corrected chi connectivity index (χ2v) is 1.23. The van der Waals surface area contributed by atoms with Crippen LogP contribution >= 0.6 is 0 Å². The molecule has 0 aliphatic carbocycles. The Balaban J connectivity index is -0.0000000800. The molecule has 3 nitrogen and oxygen atoms in total. The van der Waals surface area contributed by atoms with Gasteiger partial charge in [-0.25, -0.2) is 4.79 Å². The van der Waals surface area contributed by atoms with Gasteiger partial charge in [0.2, 0.25) is 0 Å². The SMILES string of the molecule is CCC.COC(N)=O.[B]. The Labute approximate surface area is 58.1 Å². The van der Waals surface area contributed by atoms with E-state index in [9.17, 15) is 4.79 Å². The Morgan fingerprint density at radius 2 is 1.67 bits per heavy atom. The number of amides is 1. The number of carbonyl (C=O) groups excluding carboxylic acids is 1. The third kappa shape index (κ3) is 117. The van der Waals surface area contributed by atoms with E-state index in [4.69, 9.17) is 0 Å². The molecule has 0 saturated heterocycles. The zero-order valence-corrected chi connectivity index (χ0v) is 6.18. The number of hydrogen-bond acceptors (Lipinski definition) is 2. The van der Waals surface area contributed by atoms with E-state index < -0.39 is 6.09 Å². The van der Waals surface area contributed by atoms with Crippen molar-refractivity contribution in [2.45, 2.75) is 20.3 Å². The van der Waals surface area contributed by atoms with Crippen molar-refractivity contribution in [2.75, 3.05) is 7.11 Å². The largest absolute Gasteiger partial charge is 0.453 e. The maximum atomic E-state index is 9.37. The normalized spacial score (nSPS) is 5.67. The Morgan fingerprint density at radius 3 is 1.67 bits per heavy atom. The maximum absolute atomic E-state index is 9.37. The Kier molecular flexibility index (Phi) is 27.4. The monoisotopic (exact) mass is 130 g/mol. The third-order valence-electron chi connectivity index (χ3n) is 0.201. The van der Waals surface area contributed by atoms with Gasteiger partial charge < -0.3 is 10.5 Å². The van der Waals surface area contributed by atoms with Crippen LogP contribution in [-0.2, 0) is 4.74 Å². The van der Waals surface area contributed by atoms with Crippen LogP contribution in [0.25, 0.3) is 0 Å². The maximum Gasteiger partial charge on any atom is 0.404 e. The lowest BCUT2D eigenvalue weighted by atomic mass is 10.6. The van der Waals surface area contributed by atoms with Crippen molar-refractivity contribution < 1.29 is 9.53 Å². The molecule has 0 rings (SSSR count). The summed E-state index contributed by atoms with van der Waals surface area (Å²) in [5.74, 6) is 0. The van der Waals surface area contributed by atoms with Gasteiger partial charge in [-0.1, -0.05) is 20.3 Å². The molecule has 0 aromatic rings. The van der Waals surface area contributed by atoms with E-state index in [1.54, 1.807) is 0 Å². The van der Waals surface area contributed by atoms with E-state index in [0.717, 1.165) is 0 Å². The number of ether oxygens (including phenoxy) is 1. The smallest absolute Gasteiger partial charge is 0.404 e. The van der Waals surface area contributed by atoms with Crippen molar-refractivity contribution in [2.24, 2.45) is 5.73 Å². The highest BCUT2D eigenvalue weighted by Gasteiger charge is 1.76. The summed E-state index contributed by atoms with van der Waals surface area (Å²) in [6, 6.07) is 0. The minimum Gasteiger partial charge on any atom is -0.453 e. The summed E-state index contributed by atoms with van der Waals surface area (Å²) < 4.78 is 3.89. The Hall–Kier alpha value is -0.665. The summed E-state index contributed by atoms with van der Waals surface area (Å²) >= 11 is 0. The molecule has 0 aliphatic heterocycles. The molecule has 1 amide bonds. The van der Waals surface area contributed by atoms with Gasteiger partial charge in [0.25, 0.3) is 0 Å². The number of rotatable bonds is 0. The molecule has 53 valence electrons. The van der Waals surface area contributed by atoms with E-state index in [2.05, 4.69) is 24.3 Å². The standard InChI is InChI=1S/C3H8.C2H5NO2.B/c1-3-2;1-5-2(3)4;/h3H2,1-2H3;1H3,(H2,3,4);. The lowest BCUT2D eigenvalue weighted by Gasteiger charge is -1.81. The summed E-state index contributed by atoms with van der Waals surface area (Å²) in [7, 11) is 1.22. The van der Waals surface area contributed by atoms with Gasteiger partial charge in [-0.15, -0.1) is 0 Å². The topological polar surface area (TPSA) is 52.3 Å². The summed E-state index contributed by atoms with van der Waals surface area (Å²) in [4.78, 5) is 9.37. The highest BCUT2D eigenvalue weighted by Crippen LogP contribution is 1.56. The minimum atomic E-state index is -0.745. The van der Waals surface area contributed by atoms with Crippen LogP contribution in [0.3, 0.4) is 0 Å². The van der Waals surface area contributed by atoms with Crippen LogP contribution in [0.1, 0.15) is 20.3 Å². The first kappa shape index (κ1) is 15.8. The highest BCUT2D eigenvalue weighted by atomic mass is 16.5. The Morgan fingerprint density at radius 1 is 1.56 bits per heavy atom. The van der Waals surface area contributed by atoms with Gasteiger partial charge in [-0.05, 0) is 0 Å². The van der Waals surface area contributed by atoms with E-state index in [1.165, 1.54) is 13.5 Å². The van der Waals surface area contributed by atoms with E-state index in [1.807, 2.05) is 0 Å². The van der Waals surface area contributed by atoms with Crippen LogP contribution in [0.15, 0.2) is 0 Å². The number of hydrogen-bond donors (Lipinski definition) is 1. The minimum absolute atomic E-state index is 0. The molecule has 0 aliphatic rings. The molecule has 9 heavy (non-hydrogen) atoms. The molecule has 0 fully saturated rings. The molecule has 2 N–H and O–H groups in total. The number of methoxy groups -OCH3 is 1. The van der Waals surface area contributed by atoms with Gasteiger partial charge >= 0.3 is 6.09 Å². The van der Waals surface area contributed by atoms with E-state index in [0.29, 0.717) is 0 Å². The van der Waals surface area contributed by atoms with Crippen LogP contribution in [-0.4, -0.2) is 21.6 Å². The first-order chi connectivity index (χ1) is 3.68. The van der Waals surface area contributed by atoms with Crippen molar-refractivity contribution in [3.63, 3.8) is 0 Å². The van der Waals surface area contributed by atoms with E-state index in [-0.39, 0.29) is 8.41 Å². The third-order valence-corrected chi connectivity index (χ3v) is 0.201. The molecule has 0 spiro atoms. The average Bonchev–Trinajstić information content (AvgIpc) is 1.69. The first-order valence-electron chi connectivity index (χ1n) is 2.52. The fraction of sp³-hybridized carbons (Fsp3) is 0.800. The van der Waals surface area contributed by atoms with Crippen molar-refractivity contribution in [1.82, 2.24) is 0 Å².